The highest BCUT2D eigenvalue weighted by molar-refractivity contribution is 9.10. The number of hydrogen-bond donors (Lipinski definition) is 2. The lowest BCUT2D eigenvalue weighted by Gasteiger charge is -2.33. The third-order valence-corrected chi connectivity index (χ3v) is 15.9. The Bertz CT molecular complexity index is 1930. The molecule has 0 radical (unpaired) electrons. The molecule has 2 aliphatic carbocycles. The molecule has 57 heavy (non-hydrogen) atoms. The van der Waals surface area contributed by atoms with Gasteiger partial charge in [0, 0.05) is 28.9 Å². The van der Waals surface area contributed by atoms with Crippen LogP contribution in [0.15, 0.2) is 77.1 Å². The Labute approximate surface area is 341 Å². The van der Waals surface area contributed by atoms with Crippen LogP contribution in [0.3, 0.4) is 0 Å². The Kier molecular flexibility index (Phi) is 15.3. The highest BCUT2D eigenvalue weighted by Gasteiger charge is 2.67. The molecule has 2 aromatic rings. The summed E-state index contributed by atoms with van der Waals surface area (Å²) in [4.78, 5) is 43.3. The number of alkyl carbamates (subject to hydrolysis) is 1. The van der Waals surface area contributed by atoms with Crippen LogP contribution in [-0.2, 0) is 43.9 Å². The number of amides is 3. The first kappa shape index (κ1) is 44.7. The first-order valence-electron chi connectivity index (χ1n) is 19.4. The van der Waals surface area contributed by atoms with Crippen molar-refractivity contribution in [3.05, 3.63) is 89.4 Å². The van der Waals surface area contributed by atoms with Crippen molar-refractivity contribution in [1.29, 1.82) is 0 Å². The van der Waals surface area contributed by atoms with Crippen LogP contribution in [0.25, 0.3) is 0 Å². The second-order valence-electron chi connectivity index (χ2n) is 14.7. The fourth-order valence-electron chi connectivity index (χ4n) is 7.67. The van der Waals surface area contributed by atoms with Gasteiger partial charge < -0.3 is 24.8 Å². The second-order valence-corrected chi connectivity index (χ2v) is 19.9. The van der Waals surface area contributed by atoms with E-state index in [2.05, 4.69) is 39.7 Å². The van der Waals surface area contributed by atoms with Crippen LogP contribution in [-0.4, -0.2) is 73.9 Å². The maximum absolute atomic E-state index is 14.9. The van der Waals surface area contributed by atoms with Crippen LogP contribution in [0, 0.1) is 17.6 Å². The number of likely N-dealkylation sites (tertiary alicyclic amines) is 1. The molecule has 0 bridgehead atoms. The van der Waals surface area contributed by atoms with E-state index < -0.39 is 88.1 Å². The summed E-state index contributed by atoms with van der Waals surface area (Å²) in [5.74, 6) is -3.96. The van der Waals surface area contributed by atoms with Gasteiger partial charge in [-0.3, -0.25) is 18.3 Å². The lowest BCUT2D eigenvalue weighted by molar-refractivity contribution is -0.140. The van der Waals surface area contributed by atoms with Crippen molar-refractivity contribution in [3.8, 4) is 0 Å². The zero-order valence-electron chi connectivity index (χ0n) is 32.0. The Morgan fingerprint density at radius 1 is 1.05 bits per heavy atom. The molecule has 0 spiro atoms. The molecule has 12 nitrogen and oxygen atoms in total. The van der Waals surface area contributed by atoms with E-state index in [0.29, 0.717) is 23.7 Å². The van der Waals surface area contributed by atoms with Crippen LogP contribution in [0.4, 0.5) is 13.6 Å². The van der Waals surface area contributed by atoms with Crippen molar-refractivity contribution in [2.45, 2.75) is 118 Å². The highest BCUT2D eigenvalue weighted by atomic mass is 79.9. The number of benzene rings is 2. The van der Waals surface area contributed by atoms with Gasteiger partial charge in [-0.25, -0.2) is 13.6 Å². The molecule has 2 N–H and O–H groups in total. The molecule has 312 valence electrons. The van der Waals surface area contributed by atoms with Gasteiger partial charge in [-0.05, 0) is 94.7 Å². The van der Waals surface area contributed by atoms with Gasteiger partial charge in [-0.2, -0.15) is 8.42 Å². The lowest BCUT2D eigenvalue weighted by Crippen LogP contribution is -2.55. The van der Waals surface area contributed by atoms with E-state index >= 15 is 0 Å². The van der Waals surface area contributed by atoms with E-state index in [1.165, 1.54) is 41.3 Å². The molecule has 17 heteroatoms. The van der Waals surface area contributed by atoms with Crippen molar-refractivity contribution in [1.82, 2.24) is 15.5 Å². The van der Waals surface area contributed by atoms with Crippen LogP contribution in [0.1, 0.15) is 83.1 Å². The highest BCUT2D eigenvalue weighted by Crippen LogP contribution is 2.73. The standard InChI is InChI=1S/C40H51BrF2N3O9PS/c1-4-7-8-9-10-18-35(44-39(49)54-29-14-11-12-15-29)38(48)46-25-30(55-57(51,52)31-21-19-28(41)20-22-31)23-36(46)37(47)45-40(24-27(40)5-2)56(50,53-6-3)26-32-33(42)16-13-17-34(32)43/h4-5,13,16-17,19-22,27,29-30,35-36H,1-2,6-12,14-15,18,23-26H2,3H3,(H,44,49)(H,45,47)/t27-,30+,35+,36+,40+,56?/m1/s1. The summed E-state index contributed by atoms with van der Waals surface area (Å²) < 4.78 is 89.2. The average Bonchev–Trinajstić information content (AvgIpc) is 3.42. The van der Waals surface area contributed by atoms with Gasteiger partial charge in [0.2, 0.25) is 19.2 Å². The molecule has 2 saturated carbocycles. The molecule has 1 saturated heterocycles. The van der Waals surface area contributed by atoms with E-state index in [4.69, 9.17) is 13.4 Å². The maximum Gasteiger partial charge on any atom is 0.408 e. The third-order valence-electron chi connectivity index (χ3n) is 10.8. The molecule has 6 atom stereocenters. The van der Waals surface area contributed by atoms with Gasteiger partial charge in [0.1, 0.15) is 35.1 Å². The smallest absolute Gasteiger partial charge is 0.408 e. The predicted molar refractivity (Wildman–Crippen MR) is 214 cm³/mol. The third kappa shape index (κ3) is 10.8. The van der Waals surface area contributed by atoms with Crippen molar-refractivity contribution < 1.29 is 49.6 Å². The van der Waals surface area contributed by atoms with Crippen molar-refractivity contribution in [3.63, 3.8) is 0 Å². The first-order chi connectivity index (χ1) is 27.2. The molecule has 5 rings (SSSR count). The number of carbonyl (C=O) groups excluding carboxylic acids is 3. The van der Waals surface area contributed by atoms with E-state index in [1.807, 2.05) is 0 Å². The molecule has 2 aromatic carbocycles. The molecule has 1 heterocycles. The number of ether oxygens (including phenoxy) is 1. The molecule has 0 aromatic heterocycles. The Balaban J connectivity index is 1.46. The molecular weight excluding hydrogens is 847 g/mol. The molecule has 3 fully saturated rings. The second kappa shape index (κ2) is 19.5. The summed E-state index contributed by atoms with van der Waals surface area (Å²) in [6, 6.07) is 6.49. The summed E-state index contributed by atoms with van der Waals surface area (Å²) in [6.07, 6.45) is 6.35. The number of unbranched alkanes of at least 4 members (excludes halogenated alkanes) is 3. The van der Waals surface area contributed by atoms with Gasteiger partial charge in [0.25, 0.3) is 10.1 Å². The fraction of sp³-hybridized carbons (Fsp3) is 0.525. The van der Waals surface area contributed by atoms with E-state index in [-0.39, 0.29) is 43.4 Å². The van der Waals surface area contributed by atoms with Crippen LogP contribution in [0.2, 0.25) is 0 Å². The Hall–Kier alpha value is -3.43. The lowest BCUT2D eigenvalue weighted by atomic mass is 10.1. The maximum atomic E-state index is 14.9. The molecule has 3 aliphatic rings. The molecular formula is C40H51BrF2N3O9PS. The van der Waals surface area contributed by atoms with Gasteiger partial charge >= 0.3 is 6.09 Å². The van der Waals surface area contributed by atoms with Crippen molar-refractivity contribution in [2.75, 3.05) is 13.2 Å². The largest absolute Gasteiger partial charge is 0.446 e. The van der Waals surface area contributed by atoms with E-state index in [0.717, 1.165) is 44.2 Å². The fourth-order valence-corrected chi connectivity index (χ4v) is 12.1. The van der Waals surface area contributed by atoms with E-state index in [9.17, 15) is 36.1 Å². The average molecular weight is 899 g/mol. The predicted octanol–water partition coefficient (Wildman–Crippen LogP) is 8.11. The van der Waals surface area contributed by atoms with Gasteiger partial charge in [0.15, 0.2) is 0 Å². The summed E-state index contributed by atoms with van der Waals surface area (Å²) in [5.41, 5.74) is -0.464. The number of carbonyl (C=O) groups is 3. The summed E-state index contributed by atoms with van der Waals surface area (Å²) in [7, 11) is -8.55. The zero-order chi connectivity index (χ0) is 41.4. The monoisotopic (exact) mass is 897 g/mol. The number of nitrogens with one attached hydrogen (secondary N) is 2. The number of rotatable bonds is 20. The molecule has 1 aliphatic heterocycles. The quantitative estimate of drug-likeness (QED) is 0.0580. The van der Waals surface area contributed by atoms with Gasteiger partial charge in [0.05, 0.1) is 23.8 Å². The summed E-state index contributed by atoms with van der Waals surface area (Å²) >= 11 is 3.28. The van der Waals surface area contributed by atoms with E-state index in [1.54, 1.807) is 13.0 Å². The van der Waals surface area contributed by atoms with Crippen LogP contribution in [0.5, 0.6) is 0 Å². The summed E-state index contributed by atoms with van der Waals surface area (Å²) in [6.45, 7) is 8.67. The van der Waals surface area contributed by atoms with Gasteiger partial charge in [-0.1, -0.05) is 47.0 Å². The normalized spacial score (nSPS) is 23.6. The van der Waals surface area contributed by atoms with Crippen LogP contribution >= 0.6 is 23.3 Å². The van der Waals surface area contributed by atoms with Crippen molar-refractivity contribution >= 4 is 51.3 Å². The zero-order valence-corrected chi connectivity index (χ0v) is 35.3. The number of nitrogens with zero attached hydrogens (tertiary/aromatic N) is 1. The van der Waals surface area contributed by atoms with Gasteiger partial charge in [-0.15, -0.1) is 13.2 Å². The van der Waals surface area contributed by atoms with Crippen LogP contribution < -0.4 is 10.6 Å². The number of halogens is 3. The molecule has 1 unspecified atom stereocenters. The minimum atomic E-state index is -4.38. The minimum absolute atomic E-state index is 0.0655. The van der Waals surface area contributed by atoms with Crippen molar-refractivity contribution in [2.24, 2.45) is 5.92 Å². The Morgan fingerprint density at radius 2 is 1.74 bits per heavy atom. The number of hydrogen-bond acceptors (Lipinski definition) is 9. The SMILES string of the molecule is C=CCCCCC[C@H](NC(=O)OC1CCCC1)C(=O)N1C[C@@H](OS(=O)(=O)c2ccc(Br)cc2)C[C@H]1C(=O)N[C@]1(P(=O)(Cc2c(F)cccc2F)OCC)C[C@H]1C=C. The Morgan fingerprint density at radius 3 is 2.35 bits per heavy atom. The topological polar surface area (TPSA) is 157 Å². The minimum Gasteiger partial charge on any atom is -0.446 e. The number of allylic oxidation sites excluding steroid dienone is 1. The first-order valence-corrected chi connectivity index (χ1v) is 23.4. The summed E-state index contributed by atoms with van der Waals surface area (Å²) in [5, 5.41) is 3.89. The molecule has 3 amide bonds.